The number of aromatic nitrogens is 4. The molecule has 0 unspecified atom stereocenters. The normalized spacial score (nSPS) is 11.0. The lowest BCUT2D eigenvalue weighted by Crippen LogP contribution is -2.19. The molecule has 1 aromatic carbocycles. The molecule has 12 heteroatoms. The number of hydrogen-bond acceptors (Lipinski definition) is 8. The van der Waals surface area contributed by atoms with Crippen LogP contribution in [0.15, 0.2) is 47.5 Å². The Morgan fingerprint density at radius 3 is 2.43 bits per heavy atom. The van der Waals surface area contributed by atoms with E-state index in [0.29, 0.717) is 5.69 Å². The van der Waals surface area contributed by atoms with Crippen molar-refractivity contribution in [3.8, 4) is 11.9 Å². The molecule has 0 bridgehead atoms. The second-order valence-electron chi connectivity index (χ2n) is 6.11. The lowest BCUT2D eigenvalue weighted by molar-refractivity contribution is -0.116. The SMILES string of the molecule is COc1cc(NS(=O)(=O)c2ccc(NC(=O)Cn3ccc(C)n3)cc2)nc(OC)n1. The molecule has 0 atom stereocenters. The third-order valence-electron chi connectivity index (χ3n) is 3.84. The van der Waals surface area contributed by atoms with Crippen LogP contribution in [0.5, 0.6) is 11.9 Å². The smallest absolute Gasteiger partial charge is 0.321 e. The Morgan fingerprint density at radius 1 is 1.10 bits per heavy atom. The zero-order valence-corrected chi connectivity index (χ0v) is 17.3. The van der Waals surface area contributed by atoms with Crippen LogP contribution in [0.1, 0.15) is 5.69 Å². The maximum Gasteiger partial charge on any atom is 0.321 e. The fourth-order valence-electron chi connectivity index (χ4n) is 2.46. The molecule has 1 amide bonds. The van der Waals surface area contributed by atoms with E-state index >= 15 is 0 Å². The number of ether oxygens (including phenoxy) is 2. The molecule has 0 saturated carbocycles. The predicted molar refractivity (Wildman–Crippen MR) is 108 cm³/mol. The number of carbonyl (C=O) groups is 1. The van der Waals surface area contributed by atoms with Crippen LogP contribution in [0.25, 0.3) is 0 Å². The summed E-state index contributed by atoms with van der Waals surface area (Å²) in [6, 6.07) is 8.79. The molecule has 0 spiro atoms. The van der Waals surface area contributed by atoms with Crippen molar-refractivity contribution in [3.63, 3.8) is 0 Å². The van der Waals surface area contributed by atoms with E-state index in [9.17, 15) is 13.2 Å². The van der Waals surface area contributed by atoms with Gasteiger partial charge in [-0.2, -0.15) is 15.1 Å². The van der Waals surface area contributed by atoms with E-state index in [1.807, 2.05) is 6.92 Å². The average Bonchev–Trinajstić information content (AvgIpc) is 3.12. The minimum absolute atomic E-state index is 0.00871. The highest BCUT2D eigenvalue weighted by molar-refractivity contribution is 7.92. The van der Waals surface area contributed by atoms with E-state index in [2.05, 4.69) is 25.1 Å². The van der Waals surface area contributed by atoms with E-state index < -0.39 is 10.0 Å². The third kappa shape index (κ3) is 5.23. The molecule has 30 heavy (non-hydrogen) atoms. The van der Waals surface area contributed by atoms with Gasteiger partial charge >= 0.3 is 6.01 Å². The van der Waals surface area contributed by atoms with Gasteiger partial charge in [0.15, 0.2) is 5.82 Å². The topological polar surface area (TPSA) is 137 Å². The van der Waals surface area contributed by atoms with Crippen molar-refractivity contribution in [1.29, 1.82) is 0 Å². The zero-order valence-electron chi connectivity index (χ0n) is 16.5. The number of aryl methyl sites for hydroxylation is 1. The van der Waals surface area contributed by atoms with Crippen LogP contribution in [0, 0.1) is 6.92 Å². The van der Waals surface area contributed by atoms with Crippen molar-refractivity contribution < 1.29 is 22.7 Å². The Balaban J connectivity index is 1.69. The van der Waals surface area contributed by atoms with Crippen LogP contribution in [-0.2, 0) is 21.4 Å². The Bertz CT molecular complexity index is 1120. The Kier molecular flexibility index (Phi) is 6.16. The number of nitrogens with zero attached hydrogens (tertiary/aromatic N) is 4. The van der Waals surface area contributed by atoms with Gasteiger partial charge in [0.1, 0.15) is 6.54 Å². The molecule has 11 nitrogen and oxygen atoms in total. The van der Waals surface area contributed by atoms with Gasteiger partial charge in [-0.25, -0.2) is 8.42 Å². The van der Waals surface area contributed by atoms with Crippen LogP contribution in [0.3, 0.4) is 0 Å². The van der Waals surface area contributed by atoms with Crippen LogP contribution in [-0.4, -0.2) is 48.3 Å². The molecular weight excluding hydrogens is 412 g/mol. The first-order valence-electron chi connectivity index (χ1n) is 8.69. The van der Waals surface area contributed by atoms with Crippen LogP contribution < -0.4 is 19.5 Å². The van der Waals surface area contributed by atoms with Crippen LogP contribution in [0.4, 0.5) is 11.5 Å². The van der Waals surface area contributed by atoms with Gasteiger partial charge in [0.2, 0.25) is 11.8 Å². The second kappa shape index (κ2) is 8.78. The number of hydrogen-bond donors (Lipinski definition) is 2. The highest BCUT2D eigenvalue weighted by atomic mass is 32.2. The first-order valence-corrected chi connectivity index (χ1v) is 10.2. The van der Waals surface area contributed by atoms with Gasteiger partial charge in [0.25, 0.3) is 10.0 Å². The molecule has 3 aromatic rings. The first-order chi connectivity index (χ1) is 14.3. The van der Waals surface area contributed by atoms with Gasteiger partial charge in [0.05, 0.1) is 24.8 Å². The van der Waals surface area contributed by atoms with Gasteiger partial charge in [-0.3, -0.25) is 14.2 Å². The summed E-state index contributed by atoms with van der Waals surface area (Å²) in [6.07, 6.45) is 1.70. The molecular formula is C18H20N6O5S. The molecule has 2 N–H and O–H groups in total. The van der Waals surface area contributed by atoms with Crippen LogP contribution in [0.2, 0.25) is 0 Å². The van der Waals surface area contributed by atoms with Crippen molar-refractivity contribution in [2.45, 2.75) is 18.4 Å². The molecule has 0 radical (unpaired) electrons. The van der Waals surface area contributed by atoms with Gasteiger partial charge < -0.3 is 14.8 Å². The molecule has 3 rings (SSSR count). The minimum atomic E-state index is -3.93. The summed E-state index contributed by atoms with van der Waals surface area (Å²) < 4.78 is 39.0. The fraction of sp³-hybridized carbons (Fsp3) is 0.222. The Labute approximate surface area is 173 Å². The maximum atomic E-state index is 12.6. The van der Waals surface area contributed by atoms with Gasteiger partial charge in [0, 0.05) is 18.0 Å². The summed E-state index contributed by atoms with van der Waals surface area (Å²) in [7, 11) is -1.19. The number of benzene rings is 1. The molecule has 2 heterocycles. The minimum Gasteiger partial charge on any atom is -0.481 e. The van der Waals surface area contributed by atoms with Crippen molar-refractivity contribution in [2.24, 2.45) is 0 Å². The molecule has 0 aliphatic rings. The van der Waals surface area contributed by atoms with Gasteiger partial charge in [-0.05, 0) is 37.3 Å². The Hall–Kier alpha value is -3.67. The largest absolute Gasteiger partial charge is 0.481 e. The van der Waals surface area contributed by atoms with E-state index in [4.69, 9.17) is 9.47 Å². The quantitative estimate of drug-likeness (QED) is 0.545. The molecule has 0 fully saturated rings. The molecule has 0 saturated heterocycles. The monoisotopic (exact) mass is 432 g/mol. The van der Waals surface area contributed by atoms with Crippen molar-refractivity contribution in [2.75, 3.05) is 24.3 Å². The molecule has 0 aliphatic carbocycles. The highest BCUT2D eigenvalue weighted by Gasteiger charge is 2.17. The maximum absolute atomic E-state index is 12.6. The predicted octanol–water partition coefficient (Wildman–Crippen LogP) is 1.44. The number of carbonyl (C=O) groups excluding carboxylic acids is 1. The van der Waals surface area contributed by atoms with Crippen molar-refractivity contribution >= 4 is 27.4 Å². The Morgan fingerprint density at radius 2 is 1.83 bits per heavy atom. The lowest BCUT2D eigenvalue weighted by atomic mass is 10.3. The van der Waals surface area contributed by atoms with E-state index in [1.54, 1.807) is 12.3 Å². The number of methoxy groups -OCH3 is 2. The molecule has 2 aromatic heterocycles. The van der Waals surface area contributed by atoms with E-state index in [0.717, 1.165) is 5.69 Å². The van der Waals surface area contributed by atoms with Crippen LogP contribution >= 0.6 is 0 Å². The van der Waals surface area contributed by atoms with Gasteiger partial charge in [-0.1, -0.05) is 0 Å². The summed E-state index contributed by atoms with van der Waals surface area (Å²) >= 11 is 0. The summed E-state index contributed by atoms with van der Waals surface area (Å²) in [5, 5.41) is 6.83. The summed E-state index contributed by atoms with van der Waals surface area (Å²) in [4.78, 5) is 19.9. The summed E-state index contributed by atoms with van der Waals surface area (Å²) in [5.41, 5.74) is 1.26. The third-order valence-corrected chi connectivity index (χ3v) is 5.21. The first kappa shape index (κ1) is 21.0. The van der Waals surface area contributed by atoms with Crippen molar-refractivity contribution in [3.05, 3.63) is 48.3 Å². The van der Waals surface area contributed by atoms with E-state index in [-0.39, 0.29) is 35.1 Å². The number of anilines is 2. The standard InChI is InChI=1S/C18H20N6O5S/c1-12-8-9-24(22-12)11-16(25)19-13-4-6-14(7-5-13)30(26,27)23-15-10-17(28-2)21-18(20-15)29-3/h4-10H,11H2,1-3H3,(H,19,25)(H,20,21,23). The second-order valence-corrected chi connectivity index (χ2v) is 7.80. The number of nitrogens with one attached hydrogen (secondary N) is 2. The number of sulfonamides is 1. The lowest BCUT2D eigenvalue weighted by Gasteiger charge is -2.10. The van der Waals surface area contributed by atoms with E-state index in [1.165, 1.54) is 49.2 Å². The molecule has 158 valence electrons. The zero-order chi connectivity index (χ0) is 21.7. The number of amides is 1. The molecule has 0 aliphatic heterocycles. The highest BCUT2D eigenvalue weighted by Crippen LogP contribution is 2.21. The summed E-state index contributed by atoms with van der Waals surface area (Å²) in [5.74, 6) is -0.150. The average molecular weight is 432 g/mol. The van der Waals surface area contributed by atoms with Crippen molar-refractivity contribution in [1.82, 2.24) is 19.7 Å². The van der Waals surface area contributed by atoms with Gasteiger partial charge in [-0.15, -0.1) is 0 Å². The summed E-state index contributed by atoms with van der Waals surface area (Å²) in [6.45, 7) is 1.88. The fourth-order valence-corrected chi connectivity index (χ4v) is 3.46. The number of rotatable bonds is 8.